The highest BCUT2D eigenvalue weighted by atomic mass is 32.1. The molecule has 78 valence electrons. The van der Waals surface area contributed by atoms with Crippen molar-refractivity contribution in [1.82, 2.24) is 4.98 Å². The van der Waals surface area contributed by atoms with Crippen molar-refractivity contribution < 1.29 is 4.39 Å². The summed E-state index contributed by atoms with van der Waals surface area (Å²) in [5, 5.41) is 0. The molecule has 0 aromatic carbocycles. The Morgan fingerprint density at radius 2 is 2.00 bits per heavy atom. The van der Waals surface area contributed by atoms with Crippen molar-refractivity contribution in [1.29, 1.82) is 0 Å². The van der Waals surface area contributed by atoms with E-state index in [1.165, 1.54) is 10.9 Å². The molecule has 15 heavy (non-hydrogen) atoms. The van der Waals surface area contributed by atoms with E-state index < -0.39 is 5.95 Å². The Labute approximate surface area is 92.6 Å². The minimum atomic E-state index is -0.431. The van der Waals surface area contributed by atoms with Crippen LogP contribution in [0.4, 0.5) is 4.39 Å². The van der Waals surface area contributed by atoms with Gasteiger partial charge in [-0.3, -0.25) is 0 Å². The van der Waals surface area contributed by atoms with Crippen LogP contribution in [0.2, 0.25) is 0 Å². The highest BCUT2D eigenvalue weighted by Crippen LogP contribution is 2.31. The zero-order chi connectivity index (χ0) is 10.8. The van der Waals surface area contributed by atoms with Crippen LogP contribution >= 0.6 is 11.3 Å². The topological polar surface area (TPSA) is 12.9 Å². The molecule has 0 bridgehead atoms. The van der Waals surface area contributed by atoms with Crippen LogP contribution < -0.4 is 0 Å². The Morgan fingerprint density at radius 3 is 2.53 bits per heavy atom. The van der Waals surface area contributed by atoms with Gasteiger partial charge in [0, 0.05) is 21.5 Å². The van der Waals surface area contributed by atoms with Crippen LogP contribution in [0.1, 0.15) is 24.6 Å². The number of hydrogen-bond acceptors (Lipinski definition) is 2. The van der Waals surface area contributed by atoms with Crippen molar-refractivity contribution in [2.75, 3.05) is 0 Å². The van der Waals surface area contributed by atoms with Gasteiger partial charge in [-0.25, -0.2) is 4.98 Å². The van der Waals surface area contributed by atoms with E-state index in [1.807, 2.05) is 0 Å². The van der Waals surface area contributed by atoms with E-state index in [0.717, 1.165) is 10.4 Å². The summed E-state index contributed by atoms with van der Waals surface area (Å²) < 4.78 is 12.6. The van der Waals surface area contributed by atoms with Crippen LogP contribution in [-0.4, -0.2) is 4.98 Å². The van der Waals surface area contributed by atoms with Crippen molar-refractivity contribution >= 4 is 11.3 Å². The van der Waals surface area contributed by atoms with Crippen molar-refractivity contribution in [2.45, 2.75) is 19.8 Å². The molecule has 0 aliphatic heterocycles. The van der Waals surface area contributed by atoms with Gasteiger partial charge in [-0.05, 0) is 30.2 Å². The number of aromatic nitrogens is 1. The maximum absolute atomic E-state index is 12.6. The van der Waals surface area contributed by atoms with Crippen molar-refractivity contribution in [2.24, 2.45) is 0 Å². The summed E-state index contributed by atoms with van der Waals surface area (Å²) in [6.07, 6.45) is 1.57. The molecule has 1 nitrogen and oxygen atoms in total. The van der Waals surface area contributed by atoms with Gasteiger partial charge in [0.25, 0.3) is 0 Å². The minimum absolute atomic E-state index is 0.431. The smallest absolute Gasteiger partial charge is 0.212 e. The molecular formula is C12H12FNS. The molecule has 0 aliphatic carbocycles. The molecule has 0 saturated heterocycles. The average molecular weight is 221 g/mol. The van der Waals surface area contributed by atoms with Crippen LogP contribution in [0.3, 0.4) is 0 Å². The molecule has 0 fully saturated rings. The van der Waals surface area contributed by atoms with Crippen molar-refractivity contribution in [3.8, 4) is 10.4 Å². The van der Waals surface area contributed by atoms with Gasteiger partial charge in [0.1, 0.15) is 0 Å². The molecule has 2 rings (SSSR count). The average Bonchev–Trinajstić information content (AvgIpc) is 2.68. The van der Waals surface area contributed by atoms with Crippen molar-refractivity contribution in [3.05, 3.63) is 41.3 Å². The van der Waals surface area contributed by atoms with Gasteiger partial charge < -0.3 is 0 Å². The summed E-state index contributed by atoms with van der Waals surface area (Å²) >= 11 is 1.74. The van der Waals surface area contributed by atoms with Gasteiger partial charge in [-0.15, -0.1) is 11.3 Å². The van der Waals surface area contributed by atoms with Crippen LogP contribution in [-0.2, 0) is 0 Å². The zero-order valence-electron chi connectivity index (χ0n) is 8.70. The largest absolute Gasteiger partial charge is 0.228 e. The van der Waals surface area contributed by atoms with Gasteiger partial charge in [0.05, 0.1) is 0 Å². The SMILES string of the molecule is CC(C)c1ccc(-c2ccc(F)nc2)s1. The summed E-state index contributed by atoms with van der Waals surface area (Å²) in [4.78, 5) is 6.14. The van der Waals surface area contributed by atoms with E-state index in [9.17, 15) is 4.39 Å². The van der Waals surface area contributed by atoms with Gasteiger partial charge in [-0.1, -0.05) is 13.8 Å². The highest BCUT2D eigenvalue weighted by molar-refractivity contribution is 7.15. The summed E-state index contributed by atoms with van der Waals surface area (Å²) in [7, 11) is 0. The number of rotatable bonds is 2. The maximum atomic E-state index is 12.6. The van der Waals surface area contributed by atoms with Crippen LogP contribution in [0.15, 0.2) is 30.5 Å². The Hall–Kier alpha value is -1.22. The number of pyridine rings is 1. The molecule has 3 heteroatoms. The fraction of sp³-hybridized carbons (Fsp3) is 0.250. The molecule has 0 saturated carbocycles. The third kappa shape index (κ3) is 2.23. The van der Waals surface area contributed by atoms with Gasteiger partial charge in [0.15, 0.2) is 0 Å². The van der Waals surface area contributed by atoms with E-state index in [2.05, 4.69) is 31.0 Å². The van der Waals surface area contributed by atoms with E-state index >= 15 is 0 Å². The molecular weight excluding hydrogens is 209 g/mol. The normalized spacial score (nSPS) is 10.9. The highest BCUT2D eigenvalue weighted by Gasteiger charge is 2.05. The van der Waals surface area contributed by atoms with Crippen LogP contribution in [0.25, 0.3) is 10.4 Å². The van der Waals surface area contributed by atoms with Gasteiger partial charge in [-0.2, -0.15) is 4.39 Å². The zero-order valence-corrected chi connectivity index (χ0v) is 9.51. The lowest BCUT2D eigenvalue weighted by atomic mass is 10.2. The number of thiophene rings is 1. The standard InChI is InChI=1S/C12H12FNS/c1-8(2)10-4-5-11(15-10)9-3-6-12(13)14-7-9/h3-8H,1-2H3. The lowest BCUT2D eigenvalue weighted by Crippen LogP contribution is -1.81. The second-order valence-corrected chi connectivity index (χ2v) is 4.84. The number of nitrogens with zero attached hydrogens (tertiary/aromatic N) is 1. The first-order chi connectivity index (χ1) is 7.16. The molecule has 0 spiro atoms. The maximum Gasteiger partial charge on any atom is 0.212 e. The lowest BCUT2D eigenvalue weighted by molar-refractivity contribution is 0.584. The monoisotopic (exact) mass is 221 g/mol. The lowest BCUT2D eigenvalue weighted by Gasteiger charge is -1.98. The Morgan fingerprint density at radius 1 is 1.20 bits per heavy atom. The number of halogens is 1. The second kappa shape index (κ2) is 4.11. The summed E-state index contributed by atoms with van der Waals surface area (Å²) in [5.74, 6) is 0.108. The minimum Gasteiger partial charge on any atom is -0.228 e. The van der Waals surface area contributed by atoms with E-state index in [-0.39, 0.29) is 0 Å². The Balaban J connectivity index is 2.33. The fourth-order valence-corrected chi connectivity index (χ4v) is 2.34. The number of hydrogen-bond donors (Lipinski definition) is 0. The predicted molar refractivity (Wildman–Crippen MR) is 61.6 cm³/mol. The summed E-state index contributed by atoms with van der Waals surface area (Å²) in [6.45, 7) is 4.33. The Bertz CT molecular complexity index is 445. The first-order valence-corrected chi connectivity index (χ1v) is 5.70. The molecule has 2 heterocycles. The molecule has 0 unspecified atom stereocenters. The summed E-state index contributed by atoms with van der Waals surface area (Å²) in [5.41, 5.74) is 0.980. The van der Waals surface area contributed by atoms with E-state index in [1.54, 1.807) is 23.6 Å². The Kier molecular flexibility index (Phi) is 2.82. The van der Waals surface area contributed by atoms with Gasteiger partial charge in [0.2, 0.25) is 5.95 Å². The van der Waals surface area contributed by atoms with E-state index in [0.29, 0.717) is 5.92 Å². The van der Waals surface area contributed by atoms with E-state index in [4.69, 9.17) is 0 Å². The fourth-order valence-electron chi connectivity index (χ4n) is 1.34. The third-order valence-electron chi connectivity index (χ3n) is 2.21. The van der Waals surface area contributed by atoms with Crippen LogP contribution in [0.5, 0.6) is 0 Å². The molecule has 0 atom stereocenters. The first kappa shape index (κ1) is 10.3. The summed E-state index contributed by atoms with van der Waals surface area (Å²) in [6, 6.07) is 7.34. The van der Waals surface area contributed by atoms with Crippen molar-refractivity contribution in [3.63, 3.8) is 0 Å². The molecule has 0 N–H and O–H groups in total. The molecule has 0 amide bonds. The van der Waals surface area contributed by atoms with Crippen LogP contribution in [0, 0.1) is 5.95 Å². The molecule has 0 radical (unpaired) electrons. The van der Waals surface area contributed by atoms with Gasteiger partial charge >= 0.3 is 0 Å². The third-order valence-corrected chi connectivity index (χ3v) is 3.64. The molecule has 2 aromatic rings. The second-order valence-electron chi connectivity index (χ2n) is 3.73. The quantitative estimate of drug-likeness (QED) is 0.696. The predicted octanol–water partition coefficient (Wildman–Crippen LogP) is 4.07. The molecule has 0 aliphatic rings. The first-order valence-electron chi connectivity index (χ1n) is 4.88. The molecule has 2 aromatic heterocycles.